The molecule has 1 aliphatic carbocycles. The molecule has 82 valence electrons. The Morgan fingerprint density at radius 3 is 2.00 bits per heavy atom. The number of benzene rings is 1. The maximum absolute atomic E-state index is 12.0. The van der Waals surface area contributed by atoms with Gasteiger partial charge >= 0.3 is 0 Å². The van der Waals surface area contributed by atoms with Gasteiger partial charge in [0, 0.05) is 12.1 Å². The van der Waals surface area contributed by atoms with E-state index in [4.69, 9.17) is 5.73 Å². The van der Waals surface area contributed by atoms with E-state index in [0.717, 1.165) is 12.8 Å². The summed E-state index contributed by atoms with van der Waals surface area (Å²) < 4.78 is 0. The van der Waals surface area contributed by atoms with Crippen LogP contribution in [0.25, 0.3) is 0 Å². The number of hydrogen-bond donors (Lipinski definition) is 1. The summed E-state index contributed by atoms with van der Waals surface area (Å²) >= 11 is 0. The Morgan fingerprint density at radius 1 is 1.06 bits per heavy atom. The summed E-state index contributed by atoms with van der Waals surface area (Å²) in [4.78, 5) is 25.4. The van der Waals surface area contributed by atoms with E-state index >= 15 is 0 Å². The van der Waals surface area contributed by atoms with E-state index in [-0.39, 0.29) is 23.9 Å². The predicted molar refractivity (Wildman–Crippen MR) is 57.9 cm³/mol. The molecule has 2 aliphatic rings. The second kappa shape index (κ2) is 3.15. The standard InChI is InChI=1S/C12H12N2O2/c13-7-5-8(6-7)14-11(15)9-3-1-2-4-10(9)12(14)16/h1-4,7-8H,5-6,13H2/t7-,8-. The molecular weight excluding hydrogens is 204 g/mol. The molecule has 1 fully saturated rings. The summed E-state index contributed by atoms with van der Waals surface area (Å²) in [5, 5.41) is 0. The molecule has 3 rings (SSSR count). The van der Waals surface area contributed by atoms with E-state index < -0.39 is 0 Å². The molecule has 1 aromatic rings. The molecule has 1 saturated carbocycles. The number of rotatable bonds is 1. The van der Waals surface area contributed by atoms with Crippen LogP contribution in [0.4, 0.5) is 0 Å². The molecule has 16 heavy (non-hydrogen) atoms. The lowest BCUT2D eigenvalue weighted by Gasteiger charge is -2.37. The lowest BCUT2D eigenvalue weighted by Crippen LogP contribution is -2.52. The molecule has 0 spiro atoms. The molecule has 4 heteroatoms. The van der Waals surface area contributed by atoms with E-state index in [1.54, 1.807) is 24.3 Å². The van der Waals surface area contributed by atoms with Crippen molar-refractivity contribution < 1.29 is 9.59 Å². The van der Waals surface area contributed by atoms with Crippen molar-refractivity contribution in [1.82, 2.24) is 4.90 Å². The summed E-state index contributed by atoms with van der Waals surface area (Å²) in [5.41, 5.74) is 6.73. The fourth-order valence-corrected chi connectivity index (χ4v) is 2.38. The van der Waals surface area contributed by atoms with Crippen LogP contribution in [0.2, 0.25) is 0 Å². The van der Waals surface area contributed by atoms with E-state index in [1.165, 1.54) is 4.90 Å². The third-order valence-corrected chi connectivity index (χ3v) is 3.34. The Labute approximate surface area is 93.0 Å². The Bertz CT molecular complexity index is 443. The fraction of sp³-hybridized carbons (Fsp3) is 0.333. The second-order valence-corrected chi connectivity index (χ2v) is 4.41. The van der Waals surface area contributed by atoms with Crippen molar-refractivity contribution in [2.75, 3.05) is 0 Å². The van der Waals surface area contributed by atoms with Crippen LogP contribution < -0.4 is 5.73 Å². The molecule has 1 heterocycles. The summed E-state index contributed by atoms with van der Waals surface area (Å²) in [5.74, 6) is -0.338. The molecule has 2 N–H and O–H groups in total. The first-order valence-corrected chi connectivity index (χ1v) is 5.41. The average molecular weight is 216 g/mol. The zero-order valence-electron chi connectivity index (χ0n) is 8.72. The summed E-state index contributed by atoms with van der Waals surface area (Å²) in [6, 6.07) is 7.10. The summed E-state index contributed by atoms with van der Waals surface area (Å²) in [6.45, 7) is 0. The number of amides is 2. The van der Waals surface area contributed by atoms with Crippen molar-refractivity contribution in [3.63, 3.8) is 0 Å². The van der Waals surface area contributed by atoms with Crippen LogP contribution in [0.5, 0.6) is 0 Å². The Morgan fingerprint density at radius 2 is 1.56 bits per heavy atom. The van der Waals surface area contributed by atoms with Gasteiger partial charge in [-0.2, -0.15) is 0 Å². The molecular formula is C12H12N2O2. The van der Waals surface area contributed by atoms with Crippen LogP contribution in [0.1, 0.15) is 33.6 Å². The van der Waals surface area contributed by atoms with Gasteiger partial charge in [-0.25, -0.2) is 0 Å². The minimum Gasteiger partial charge on any atom is -0.328 e. The molecule has 0 aromatic heterocycles. The van der Waals surface area contributed by atoms with Crippen LogP contribution in [0.15, 0.2) is 24.3 Å². The number of imide groups is 1. The van der Waals surface area contributed by atoms with Crippen LogP contribution in [0.3, 0.4) is 0 Å². The molecule has 0 atom stereocenters. The van der Waals surface area contributed by atoms with Gasteiger partial charge in [-0.3, -0.25) is 14.5 Å². The van der Waals surface area contributed by atoms with Gasteiger partial charge in [0.05, 0.1) is 11.1 Å². The molecule has 0 unspecified atom stereocenters. The van der Waals surface area contributed by atoms with Crippen molar-refractivity contribution >= 4 is 11.8 Å². The van der Waals surface area contributed by atoms with Gasteiger partial charge in [-0.1, -0.05) is 12.1 Å². The van der Waals surface area contributed by atoms with Gasteiger partial charge in [-0.15, -0.1) is 0 Å². The number of fused-ring (bicyclic) bond motifs is 1. The molecule has 4 nitrogen and oxygen atoms in total. The third-order valence-electron chi connectivity index (χ3n) is 3.34. The molecule has 0 radical (unpaired) electrons. The maximum Gasteiger partial charge on any atom is 0.261 e. The first-order chi connectivity index (χ1) is 7.68. The van der Waals surface area contributed by atoms with E-state index in [2.05, 4.69) is 0 Å². The molecule has 0 bridgehead atoms. The van der Waals surface area contributed by atoms with Crippen molar-refractivity contribution in [3.05, 3.63) is 35.4 Å². The zero-order chi connectivity index (χ0) is 11.3. The highest BCUT2D eigenvalue weighted by Gasteiger charge is 2.43. The largest absolute Gasteiger partial charge is 0.328 e. The van der Waals surface area contributed by atoms with E-state index in [9.17, 15) is 9.59 Å². The van der Waals surface area contributed by atoms with Crippen LogP contribution in [-0.2, 0) is 0 Å². The quantitative estimate of drug-likeness (QED) is 0.705. The minimum atomic E-state index is -0.169. The van der Waals surface area contributed by atoms with Gasteiger partial charge < -0.3 is 5.73 Å². The topological polar surface area (TPSA) is 63.4 Å². The molecule has 1 aromatic carbocycles. The lowest BCUT2D eigenvalue weighted by atomic mass is 9.86. The predicted octanol–water partition coefficient (Wildman–Crippen LogP) is 0.772. The Hall–Kier alpha value is -1.68. The Kier molecular flexibility index (Phi) is 1.88. The number of hydrogen-bond acceptors (Lipinski definition) is 3. The third kappa shape index (κ3) is 1.13. The smallest absolute Gasteiger partial charge is 0.261 e. The lowest BCUT2D eigenvalue weighted by molar-refractivity contribution is 0.0483. The number of carbonyl (C=O) groups excluding carboxylic acids is 2. The monoisotopic (exact) mass is 216 g/mol. The molecule has 1 aliphatic heterocycles. The van der Waals surface area contributed by atoms with Gasteiger partial charge in [0.2, 0.25) is 0 Å². The zero-order valence-corrected chi connectivity index (χ0v) is 8.72. The number of nitrogens with two attached hydrogens (primary N) is 1. The van der Waals surface area contributed by atoms with Crippen molar-refractivity contribution in [1.29, 1.82) is 0 Å². The van der Waals surface area contributed by atoms with Crippen LogP contribution >= 0.6 is 0 Å². The van der Waals surface area contributed by atoms with Crippen molar-refractivity contribution in [2.24, 2.45) is 5.73 Å². The van der Waals surface area contributed by atoms with Gasteiger partial charge in [0.1, 0.15) is 0 Å². The molecule has 2 amide bonds. The molecule has 0 saturated heterocycles. The van der Waals surface area contributed by atoms with E-state index in [1.807, 2.05) is 0 Å². The Balaban J connectivity index is 1.96. The van der Waals surface area contributed by atoms with Crippen LogP contribution in [-0.4, -0.2) is 28.8 Å². The highest BCUT2D eigenvalue weighted by Crippen LogP contribution is 2.32. The summed E-state index contributed by atoms with van der Waals surface area (Å²) in [6.07, 6.45) is 1.46. The minimum absolute atomic E-state index is 0.00222. The first kappa shape index (κ1) is 9.54. The van der Waals surface area contributed by atoms with Gasteiger partial charge in [-0.05, 0) is 25.0 Å². The highest BCUT2D eigenvalue weighted by molar-refractivity contribution is 6.21. The fourth-order valence-electron chi connectivity index (χ4n) is 2.38. The number of nitrogens with zero attached hydrogens (tertiary/aromatic N) is 1. The van der Waals surface area contributed by atoms with E-state index in [0.29, 0.717) is 11.1 Å². The van der Waals surface area contributed by atoms with Crippen LogP contribution in [0, 0.1) is 0 Å². The second-order valence-electron chi connectivity index (χ2n) is 4.41. The number of carbonyl (C=O) groups is 2. The first-order valence-electron chi connectivity index (χ1n) is 5.41. The highest BCUT2D eigenvalue weighted by atomic mass is 16.2. The maximum atomic E-state index is 12.0. The SMILES string of the molecule is N[C@H]1C[C@H](N2C(=O)c3ccccc3C2=O)C1. The van der Waals surface area contributed by atoms with Crippen molar-refractivity contribution in [2.45, 2.75) is 24.9 Å². The normalized spacial score (nSPS) is 27.9. The van der Waals surface area contributed by atoms with Gasteiger partial charge in [0.25, 0.3) is 11.8 Å². The van der Waals surface area contributed by atoms with Crippen molar-refractivity contribution in [3.8, 4) is 0 Å². The average Bonchev–Trinajstić information content (AvgIpc) is 2.49. The summed E-state index contributed by atoms with van der Waals surface area (Å²) in [7, 11) is 0. The van der Waals surface area contributed by atoms with Gasteiger partial charge in [0.15, 0.2) is 0 Å².